The average Bonchev–Trinajstić information content (AvgIpc) is 2.40. The Balaban J connectivity index is 2.12. The van der Waals surface area contributed by atoms with Crippen molar-refractivity contribution in [3.05, 3.63) is 53.6 Å². The van der Waals surface area contributed by atoms with Crippen LogP contribution in [0.1, 0.15) is 31.0 Å². The molecular weight excluding hydrogens is 236 g/mol. The standard InChI is InChI=1S/C16H20N2O/c1-4-19-16-11-7-10-15(18-16)17-13(3)14-9-6-5-8-12(14)2/h5-11,13H,4H2,1-3H3,(H,17,18). The van der Waals surface area contributed by atoms with Gasteiger partial charge in [0.05, 0.1) is 12.6 Å². The summed E-state index contributed by atoms with van der Waals surface area (Å²) in [5.74, 6) is 1.49. The third kappa shape index (κ3) is 3.47. The Bertz CT molecular complexity index is 540. The molecule has 1 aromatic heterocycles. The Labute approximate surface area is 114 Å². The molecule has 0 aliphatic heterocycles. The molecule has 3 heteroatoms. The first-order valence-corrected chi connectivity index (χ1v) is 6.62. The van der Waals surface area contributed by atoms with Crippen molar-refractivity contribution in [2.75, 3.05) is 11.9 Å². The fraction of sp³-hybridized carbons (Fsp3) is 0.312. The topological polar surface area (TPSA) is 34.1 Å². The first-order chi connectivity index (χ1) is 9.20. The summed E-state index contributed by atoms with van der Waals surface area (Å²) in [6.45, 7) is 6.84. The van der Waals surface area contributed by atoms with Gasteiger partial charge in [0.25, 0.3) is 0 Å². The summed E-state index contributed by atoms with van der Waals surface area (Å²) >= 11 is 0. The van der Waals surface area contributed by atoms with Crippen LogP contribution in [0.3, 0.4) is 0 Å². The van der Waals surface area contributed by atoms with Crippen molar-refractivity contribution in [3.8, 4) is 5.88 Å². The van der Waals surface area contributed by atoms with Gasteiger partial charge in [-0.1, -0.05) is 30.3 Å². The molecule has 0 bridgehead atoms. The number of rotatable bonds is 5. The molecule has 1 N–H and O–H groups in total. The van der Waals surface area contributed by atoms with Crippen LogP contribution < -0.4 is 10.1 Å². The molecule has 2 rings (SSSR count). The van der Waals surface area contributed by atoms with Crippen LogP contribution in [0.5, 0.6) is 5.88 Å². The first kappa shape index (κ1) is 13.4. The second kappa shape index (κ2) is 6.23. The van der Waals surface area contributed by atoms with Gasteiger partial charge in [-0.3, -0.25) is 0 Å². The lowest BCUT2D eigenvalue weighted by atomic mass is 10.0. The Hall–Kier alpha value is -2.03. The smallest absolute Gasteiger partial charge is 0.215 e. The van der Waals surface area contributed by atoms with E-state index in [0.29, 0.717) is 12.5 Å². The van der Waals surface area contributed by atoms with E-state index < -0.39 is 0 Å². The molecule has 2 aromatic rings. The number of hydrogen-bond acceptors (Lipinski definition) is 3. The van der Waals surface area contributed by atoms with Gasteiger partial charge in [0.2, 0.25) is 5.88 Å². The predicted octanol–water partition coefficient (Wildman–Crippen LogP) is 3.96. The van der Waals surface area contributed by atoms with E-state index in [1.54, 1.807) is 0 Å². The maximum Gasteiger partial charge on any atom is 0.215 e. The highest BCUT2D eigenvalue weighted by Crippen LogP contribution is 2.22. The molecule has 0 spiro atoms. The minimum atomic E-state index is 0.213. The van der Waals surface area contributed by atoms with Crippen molar-refractivity contribution in [1.82, 2.24) is 4.98 Å². The summed E-state index contributed by atoms with van der Waals surface area (Å²) < 4.78 is 5.41. The minimum Gasteiger partial charge on any atom is -0.478 e. The van der Waals surface area contributed by atoms with Crippen molar-refractivity contribution in [2.45, 2.75) is 26.8 Å². The van der Waals surface area contributed by atoms with Crippen LogP contribution in [0, 0.1) is 6.92 Å². The molecule has 0 radical (unpaired) electrons. The Morgan fingerprint density at radius 2 is 1.95 bits per heavy atom. The Morgan fingerprint density at radius 3 is 2.68 bits per heavy atom. The molecule has 1 atom stereocenters. The van der Waals surface area contributed by atoms with Crippen molar-refractivity contribution in [1.29, 1.82) is 0 Å². The maximum atomic E-state index is 5.41. The summed E-state index contributed by atoms with van der Waals surface area (Å²) in [6.07, 6.45) is 0. The molecule has 100 valence electrons. The molecule has 1 unspecified atom stereocenters. The predicted molar refractivity (Wildman–Crippen MR) is 78.6 cm³/mol. The summed E-state index contributed by atoms with van der Waals surface area (Å²) in [6, 6.07) is 14.4. The molecule has 0 saturated carbocycles. The average molecular weight is 256 g/mol. The van der Waals surface area contributed by atoms with E-state index in [-0.39, 0.29) is 6.04 Å². The van der Waals surface area contributed by atoms with Crippen LogP contribution in [0.25, 0.3) is 0 Å². The van der Waals surface area contributed by atoms with Crippen LogP contribution in [-0.2, 0) is 0 Å². The van der Waals surface area contributed by atoms with Crippen LogP contribution >= 0.6 is 0 Å². The molecular formula is C16H20N2O. The number of benzene rings is 1. The number of aromatic nitrogens is 1. The summed E-state index contributed by atoms with van der Waals surface area (Å²) in [5, 5.41) is 3.41. The fourth-order valence-corrected chi connectivity index (χ4v) is 2.10. The van der Waals surface area contributed by atoms with E-state index in [9.17, 15) is 0 Å². The largest absolute Gasteiger partial charge is 0.478 e. The third-order valence-electron chi connectivity index (χ3n) is 3.04. The number of nitrogens with zero attached hydrogens (tertiary/aromatic N) is 1. The van der Waals surface area contributed by atoms with E-state index in [1.165, 1.54) is 11.1 Å². The van der Waals surface area contributed by atoms with Crippen molar-refractivity contribution < 1.29 is 4.74 Å². The van der Waals surface area contributed by atoms with Crippen LogP contribution in [0.4, 0.5) is 5.82 Å². The summed E-state index contributed by atoms with van der Waals surface area (Å²) in [4.78, 5) is 4.42. The Morgan fingerprint density at radius 1 is 1.16 bits per heavy atom. The lowest BCUT2D eigenvalue weighted by Gasteiger charge is -2.17. The molecule has 0 saturated heterocycles. The monoisotopic (exact) mass is 256 g/mol. The molecule has 3 nitrogen and oxygen atoms in total. The van der Waals surface area contributed by atoms with Crippen LogP contribution in [-0.4, -0.2) is 11.6 Å². The van der Waals surface area contributed by atoms with Gasteiger partial charge in [-0.25, -0.2) is 0 Å². The quantitative estimate of drug-likeness (QED) is 0.879. The zero-order chi connectivity index (χ0) is 13.7. The van der Waals surface area contributed by atoms with Crippen molar-refractivity contribution in [3.63, 3.8) is 0 Å². The molecule has 1 heterocycles. The molecule has 19 heavy (non-hydrogen) atoms. The SMILES string of the molecule is CCOc1cccc(NC(C)c2ccccc2C)n1. The van der Waals surface area contributed by atoms with Crippen molar-refractivity contribution >= 4 is 5.82 Å². The Kier molecular flexibility index (Phi) is 4.39. The van der Waals surface area contributed by atoms with Gasteiger partial charge in [-0.15, -0.1) is 0 Å². The minimum absolute atomic E-state index is 0.213. The van der Waals surface area contributed by atoms with Gasteiger partial charge < -0.3 is 10.1 Å². The van der Waals surface area contributed by atoms with Crippen LogP contribution in [0.15, 0.2) is 42.5 Å². The summed E-state index contributed by atoms with van der Waals surface area (Å²) in [5.41, 5.74) is 2.56. The highest BCUT2D eigenvalue weighted by molar-refractivity contribution is 5.41. The normalized spacial score (nSPS) is 11.9. The maximum absolute atomic E-state index is 5.41. The van der Waals surface area contributed by atoms with E-state index in [0.717, 1.165) is 5.82 Å². The van der Waals surface area contributed by atoms with Gasteiger partial charge in [-0.05, 0) is 38.0 Å². The van der Waals surface area contributed by atoms with Crippen molar-refractivity contribution in [2.24, 2.45) is 0 Å². The summed E-state index contributed by atoms with van der Waals surface area (Å²) in [7, 11) is 0. The molecule has 0 aliphatic carbocycles. The number of aryl methyl sites for hydroxylation is 1. The second-order valence-corrected chi connectivity index (χ2v) is 4.52. The number of pyridine rings is 1. The molecule has 0 fully saturated rings. The molecule has 0 amide bonds. The van der Waals surface area contributed by atoms with E-state index >= 15 is 0 Å². The second-order valence-electron chi connectivity index (χ2n) is 4.52. The highest BCUT2D eigenvalue weighted by Gasteiger charge is 2.08. The van der Waals surface area contributed by atoms with E-state index in [2.05, 4.69) is 48.4 Å². The van der Waals surface area contributed by atoms with E-state index in [1.807, 2.05) is 25.1 Å². The zero-order valence-electron chi connectivity index (χ0n) is 11.7. The molecule has 0 aliphatic rings. The number of nitrogens with one attached hydrogen (secondary N) is 1. The molecule has 1 aromatic carbocycles. The van der Waals surface area contributed by atoms with Gasteiger partial charge >= 0.3 is 0 Å². The van der Waals surface area contributed by atoms with E-state index in [4.69, 9.17) is 4.74 Å². The third-order valence-corrected chi connectivity index (χ3v) is 3.04. The van der Waals surface area contributed by atoms with Crippen LogP contribution in [0.2, 0.25) is 0 Å². The number of ether oxygens (including phenoxy) is 1. The van der Waals surface area contributed by atoms with Gasteiger partial charge in [0, 0.05) is 6.07 Å². The lowest BCUT2D eigenvalue weighted by Crippen LogP contribution is -2.09. The highest BCUT2D eigenvalue weighted by atomic mass is 16.5. The zero-order valence-corrected chi connectivity index (χ0v) is 11.7. The first-order valence-electron chi connectivity index (χ1n) is 6.62. The number of anilines is 1. The number of hydrogen-bond donors (Lipinski definition) is 1. The fourth-order valence-electron chi connectivity index (χ4n) is 2.10. The van der Waals surface area contributed by atoms with Gasteiger partial charge in [0.1, 0.15) is 5.82 Å². The lowest BCUT2D eigenvalue weighted by molar-refractivity contribution is 0.327. The van der Waals surface area contributed by atoms with Gasteiger partial charge in [-0.2, -0.15) is 4.98 Å². The van der Waals surface area contributed by atoms with Gasteiger partial charge in [0.15, 0.2) is 0 Å².